The first kappa shape index (κ1) is 48.3. The molecular weight excluding hydrogens is 885 g/mol. The van der Waals surface area contributed by atoms with Crippen molar-refractivity contribution in [3.63, 3.8) is 0 Å². The van der Waals surface area contributed by atoms with E-state index in [4.69, 9.17) is 9.47 Å². The highest BCUT2D eigenvalue weighted by atomic mass is 16.7. The van der Waals surface area contributed by atoms with E-state index in [9.17, 15) is 59.6 Å². The van der Waals surface area contributed by atoms with Crippen LogP contribution in [0.2, 0.25) is 0 Å². The van der Waals surface area contributed by atoms with Gasteiger partial charge < -0.3 is 20.1 Å². The molecule has 2 N–H and O–H groups in total. The number of carbonyl (C=O) groups is 4. The van der Waals surface area contributed by atoms with Gasteiger partial charge in [-0.15, -0.1) is 0 Å². The molecule has 2 aliphatic carbocycles. The molecule has 4 aliphatic rings. The molecule has 356 valence electrons. The van der Waals surface area contributed by atoms with Gasteiger partial charge in [0.15, 0.2) is 0 Å². The summed E-state index contributed by atoms with van der Waals surface area (Å²) in [5, 5.41) is 54.5. The Kier molecular flexibility index (Phi) is 13.2. The Labute approximate surface area is 389 Å². The van der Waals surface area contributed by atoms with Gasteiger partial charge in [-0.1, -0.05) is 98.8 Å². The SMILES string of the molecule is CCOC(=O)[C@]1([N+](=O)[O-])[C@@H](C[N+](=O)[O-])C[C@]2(C(=O)Nc3ccccc32)[C@@H]1c1ccc(CC)cc1.CCOC(=O)[C@]1([N+](=O)[O-])[C@@H](C[N+](=O)[O-])C[C@]2(C(=O)Nc3ccccc32)[C@@H]1c1ccc(CC)cc1. The van der Waals surface area contributed by atoms with Crippen LogP contribution in [-0.4, -0.2) is 80.8 Å². The molecule has 2 saturated carbocycles. The third-order valence-electron chi connectivity index (χ3n) is 14.4. The molecule has 20 nitrogen and oxygen atoms in total. The Morgan fingerprint density at radius 2 is 0.897 bits per heavy atom. The second-order valence-electron chi connectivity index (χ2n) is 17.4. The van der Waals surface area contributed by atoms with E-state index in [2.05, 4.69) is 10.6 Å². The van der Waals surface area contributed by atoms with Crippen molar-refractivity contribution in [1.82, 2.24) is 0 Å². The Morgan fingerprint density at radius 3 is 1.19 bits per heavy atom. The summed E-state index contributed by atoms with van der Waals surface area (Å²) in [7, 11) is 0. The maximum atomic E-state index is 13.6. The number of carbonyl (C=O) groups excluding carboxylic acids is 4. The van der Waals surface area contributed by atoms with Crippen LogP contribution in [0.1, 0.15) is 85.8 Å². The fourth-order valence-electron chi connectivity index (χ4n) is 11.7. The minimum atomic E-state index is -2.52. The van der Waals surface area contributed by atoms with Gasteiger partial charge in [-0.25, -0.2) is 9.59 Å². The number of amides is 2. The lowest BCUT2D eigenvalue weighted by Crippen LogP contribution is -2.58. The molecule has 0 aromatic heterocycles. The highest BCUT2D eigenvalue weighted by Gasteiger charge is 2.81. The molecule has 2 heterocycles. The normalized spacial score (nSPS) is 27.3. The average Bonchev–Trinajstić information content (AvgIpc) is 3.98. The third-order valence-corrected chi connectivity index (χ3v) is 14.4. The monoisotopic (exact) mass is 934 g/mol. The number of ether oxygens (including phenoxy) is 2. The van der Waals surface area contributed by atoms with Crippen LogP contribution in [-0.2, 0) is 52.3 Å². The quantitative estimate of drug-likeness (QED) is 0.0810. The number of nitrogens with zero attached hydrogens (tertiary/aromatic N) is 4. The minimum Gasteiger partial charge on any atom is -0.461 e. The molecular formula is C48H50N6O14. The number of aryl methyl sites for hydroxylation is 2. The maximum Gasteiger partial charge on any atom is 0.386 e. The number of nitrogens with one attached hydrogen (secondary N) is 2. The van der Waals surface area contributed by atoms with Crippen molar-refractivity contribution in [2.45, 2.75) is 87.1 Å². The number of esters is 2. The van der Waals surface area contributed by atoms with Crippen LogP contribution >= 0.6 is 0 Å². The molecule has 4 aromatic rings. The molecule has 0 unspecified atom stereocenters. The van der Waals surface area contributed by atoms with Gasteiger partial charge in [-0.3, -0.25) is 50.0 Å². The molecule has 4 aromatic carbocycles. The van der Waals surface area contributed by atoms with Gasteiger partial charge in [0, 0.05) is 31.1 Å². The Morgan fingerprint density at radius 1 is 0.559 bits per heavy atom. The summed E-state index contributed by atoms with van der Waals surface area (Å²) in [6, 6.07) is 27.4. The lowest BCUT2D eigenvalue weighted by Gasteiger charge is -2.34. The van der Waals surface area contributed by atoms with Crippen molar-refractivity contribution >= 4 is 35.1 Å². The van der Waals surface area contributed by atoms with E-state index in [0.29, 0.717) is 33.6 Å². The van der Waals surface area contributed by atoms with Crippen LogP contribution in [0.25, 0.3) is 0 Å². The molecule has 2 amide bonds. The van der Waals surface area contributed by atoms with E-state index in [1.54, 1.807) is 97.1 Å². The number of benzene rings is 4. The standard InChI is InChI=1S/2C24H25N3O7/c2*1-3-15-9-11-16(12-10-15)20-23(18-7-5-6-8-19(18)25-21(23)28)13-17(14-26(30)31)24(20,27(32)33)22(29)34-4-2/h2*5-12,17,20H,3-4,13-14H2,1-2H3,(H,25,28)/t2*17-,20+,23-,24+/m11/s1. The van der Waals surface area contributed by atoms with Gasteiger partial charge in [0.05, 0.1) is 35.9 Å². The minimum absolute atomic E-state index is 0.142. The van der Waals surface area contributed by atoms with E-state index in [1.807, 2.05) is 13.8 Å². The van der Waals surface area contributed by atoms with Gasteiger partial charge >= 0.3 is 23.0 Å². The number of rotatable bonds is 14. The van der Waals surface area contributed by atoms with E-state index in [1.165, 1.54) is 13.8 Å². The summed E-state index contributed by atoms with van der Waals surface area (Å²) in [5.41, 5.74) is -3.49. The molecule has 20 heteroatoms. The first-order chi connectivity index (χ1) is 32.5. The summed E-state index contributed by atoms with van der Waals surface area (Å²) in [6.45, 7) is 4.97. The molecule has 2 aliphatic heterocycles. The topological polar surface area (TPSA) is 283 Å². The Balaban J connectivity index is 0.000000201. The van der Waals surface area contributed by atoms with Crippen LogP contribution in [0.4, 0.5) is 11.4 Å². The summed E-state index contributed by atoms with van der Waals surface area (Å²) >= 11 is 0. The average molecular weight is 935 g/mol. The van der Waals surface area contributed by atoms with Crippen molar-refractivity contribution in [3.8, 4) is 0 Å². The second-order valence-corrected chi connectivity index (χ2v) is 17.4. The van der Waals surface area contributed by atoms with Crippen LogP contribution in [0.15, 0.2) is 97.1 Å². The zero-order valence-electron chi connectivity index (χ0n) is 37.7. The van der Waals surface area contributed by atoms with Gasteiger partial charge in [0.25, 0.3) is 0 Å². The van der Waals surface area contributed by atoms with E-state index >= 15 is 0 Å². The number of nitro groups is 4. The predicted molar refractivity (Wildman–Crippen MR) is 243 cm³/mol. The van der Waals surface area contributed by atoms with Crippen molar-refractivity contribution in [3.05, 3.63) is 171 Å². The third kappa shape index (κ3) is 7.28. The van der Waals surface area contributed by atoms with Crippen LogP contribution in [0, 0.1) is 52.3 Å². The largest absolute Gasteiger partial charge is 0.461 e. The highest BCUT2D eigenvalue weighted by Crippen LogP contribution is 2.65. The van der Waals surface area contributed by atoms with Crippen molar-refractivity contribution < 1.29 is 48.3 Å². The summed E-state index contributed by atoms with van der Waals surface area (Å²) in [5.74, 6) is -8.72. The number of para-hydroxylation sites is 2. The van der Waals surface area contributed by atoms with E-state index < -0.39 is 102 Å². The number of fused-ring (bicyclic) bond motifs is 4. The van der Waals surface area contributed by atoms with Gasteiger partial charge in [-0.2, -0.15) is 0 Å². The number of hydrogen-bond donors (Lipinski definition) is 2. The molecule has 8 rings (SSSR count). The van der Waals surface area contributed by atoms with Gasteiger partial charge in [-0.05, 0) is 85.0 Å². The molecule has 2 spiro atoms. The molecule has 8 atom stereocenters. The second kappa shape index (κ2) is 18.6. The van der Waals surface area contributed by atoms with Crippen LogP contribution < -0.4 is 10.6 Å². The van der Waals surface area contributed by atoms with Crippen LogP contribution in [0.3, 0.4) is 0 Å². The van der Waals surface area contributed by atoms with Crippen molar-refractivity contribution in [2.75, 3.05) is 36.9 Å². The number of anilines is 2. The van der Waals surface area contributed by atoms with Crippen molar-refractivity contribution in [1.29, 1.82) is 0 Å². The summed E-state index contributed by atoms with van der Waals surface area (Å²) < 4.78 is 10.4. The molecule has 0 saturated heterocycles. The highest BCUT2D eigenvalue weighted by molar-refractivity contribution is 6.09. The fourth-order valence-corrected chi connectivity index (χ4v) is 11.7. The first-order valence-electron chi connectivity index (χ1n) is 22.3. The Hall–Kier alpha value is -7.64. The zero-order valence-corrected chi connectivity index (χ0v) is 37.7. The number of hydrogen-bond acceptors (Lipinski definition) is 14. The van der Waals surface area contributed by atoms with Gasteiger partial charge in [0.1, 0.15) is 11.8 Å². The maximum absolute atomic E-state index is 13.6. The van der Waals surface area contributed by atoms with Crippen LogP contribution in [0.5, 0.6) is 0 Å². The predicted octanol–water partition coefficient (Wildman–Crippen LogP) is 6.20. The molecule has 0 bridgehead atoms. The zero-order chi connectivity index (χ0) is 49.3. The Bertz CT molecular complexity index is 2510. The first-order valence-corrected chi connectivity index (χ1v) is 22.3. The lowest BCUT2D eigenvalue weighted by molar-refractivity contribution is -0.582. The fraction of sp³-hybridized carbons (Fsp3) is 0.417. The van der Waals surface area contributed by atoms with Gasteiger partial charge in [0.2, 0.25) is 24.9 Å². The molecule has 2 fully saturated rings. The van der Waals surface area contributed by atoms with Crippen molar-refractivity contribution in [2.24, 2.45) is 11.8 Å². The lowest BCUT2D eigenvalue weighted by atomic mass is 9.65. The summed E-state index contributed by atoms with van der Waals surface area (Å²) in [6.07, 6.45) is 0.969. The smallest absolute Gasteiger partial charge is 0.386 e. The van der Waals surface area contributed by atoms with E-state index in [-0.39, 0.29) is 26.1 Å². The summed E-state index contributed by atoms with van der Waals surface area (Å²) in [4.78, 5) is 100. The van der Waals surface area contributed by atoms with E-state index in [0.717, 1.165) is 24.0 Å². The molecule has 0 radical (unpaired) electrons. The molecule has 68 heavy (non-hydrogen) atoms.